The molecule has 0 saturated heterocycles. The second-order valence-corrected chi connectivity index (χ2v) is 7.14. The van der Waals surface area contributed by atoms with E-state index in [1.165, 1.54) is 11.0 Å². The monoisotopic (exact) mass is 484 g/mol. The van der Waals surface area contributed by atoms with E-state index in [0.29, 0.717) is 17.5 Å². The third kappa shape index (κ3) is 8.39. The highest BCUT2D eigenvalue weighted by atomic mass is 16.5. The van der Waals surface area contributed by atoms with E-state index in [-0.39, 0.29) is 36.9 Å². The number of hydrogen-bond donors (Lipinski definition) is 1. The number of ether oxygens (including phenoxy) is 2. The molecule has 0 heterocycles. The average Bonchev–Trinajstić information content (AvgIpc) is 2.80. The molecule has 0 atom stereocenters. The van der Waals surface area contributed by atoms with E-state index in [1.54, 1.807) is 42.5 Å². The molecule has 0 bridgehead atoms. The fraction of sp³-hybridized carbons (Fsp3) is 0.250. The van der Waals surface area contributed by atoms with Gasteiger partial charge in [0.1, 0.15) is 37.5 Å². The average molecular weight is 484 g/mol. The van der Waals surface area contributed by atoms with Crippen molar-refractivity contribution < 1.29 is 44.0 Å². The van der Waals surface area contributed by atoms with Crippen LogP contribution in [0.4, 0.5) is 11.4 Å². The van der Waals surface area contributed by atoms with Gasteiger partial charge in [-0.1, -0.05) is 30.9 Å². The Morgan fingerprint density at radius 1 is 0.886 bits per heavy atom. The maximum absolute atomic E-state index is 11.2. The molecule has 1 N–H and O–H groups in total. The summed E-state index contributed by atoms with van der Waals surface area (Å²) in [6.07, 6.45) is 2.13. The van der Waals surface area contributed by atoms with E-state index < -0.39 is 37.5 Å². The Morgan fingerprint density at radius 3 is 2.09 bits per heavy atom. The largest absolute Gasteiger partial charge is 0.548 e. The summed E-state index contributed by atoms with van der Waals surface area (Å²) in [7, 11) is 0. The molecule has 0 radical (unpaired) electrons. The zero-order chi connectivity index (χ0) is 25.8. The molecule has 35 heavy (non-hydrogen) atoms. The molecule has 2 aromatic rings. The van der Waals surface area contributed by atoms with Crippen LogP contribution in [0.1, 0.15) is 5.56 Å². The van der Waals surface area contributed by atoms with Gasteiger partial charge in [-0.3, -0.25) is 4.79 Å². The number of aldehydes is 1. The number of hydrogen-bond acceptors (Lipinski definition) is 10. The van der Waals surface area contributed by atoms with Gasteiger partial charge in [-0.2, -0.15) is 0 Å². The molecule has 0 fully saturated rings. The summed E-state index contributed by atoms with van der Waals surface area (Å²) in [5, 5.41) is 31.3. The van der Waals surface area contributed by atoms with Crippen LogP contribution >= 0.6 is 0 Å². The summed E-state index contributed by atoms with van der Waals surface area (Å²) < 4.78 is 11.5. The van der Waals surface area contributed by atoms with Crippen molar-refractivity contribution in [3.05, 3.63) is 54.6 Å². The number of para-hydroxylation sites is 2. The van der Waals surface area contributed by atoms with Crippen LogP contribution in [0.3, 0.4) is 0 Å². The van der Waals surface area contributed by atoms with Crippen LogP contribution in [0.15, 0.2) is 49.0 Å². The molecule has 186 valence electrons. The Labute approximate surface area is 201 Å². The van der Waals surface area contributed by atoms with Crippen molar-refractivity contribution in [1.82, 2.24) is 0 Å². The number of anilines is 2. The molecule has 0 saturated carbocycles. The predicted octanol–water partition coefficient (Wildman–Crippen LogP) is -0.816. The van der Waals surface area contributed by atoms with Crippen LogP contribution in [0.25, 0.3) is 6.08 Å². The van der Waals surface area contributed by atoms with Gasteiger partial charge in [-0.05, 0) is 29.8 Å². The Balaban J connectivity index is 2.16. The topological polar surface area (TPSA) is 160 Å². The van der Waals surface area contributed by atoms with E-state index in [9.17, 15) is 29.4 Å². The fourth-order valence-electron chi connectivity index (χ4n) is 3.22. The summed E-state index contributed by atoms with van der Waals surface area (Å²) in [5.41, 5.74) is 1.30. The van der Waals surface area contributed by atoms with Crippen molar-refractivity contribution in [3.63, 3.8) is 0 Å². The molecule has 2 rings (SSSR count). The smallest absolute Gasteiger partial charge is 0.323 e. The maximum atomic E-state index is 11.2. The SMILES string of the molecule is C=Cc1ccc(N(CC=O)CC(=O)[O-])c(OCCOc2ccccc2N(CC(=O)[O-])CC(=O)O)c1. The van der Waals surface area contributed by atoms with Crippen molar-refractivity contribution in [3.8, 4) is 11.5 Å². The first kappa shape index (κ1) is 26.7. The fourth-order valence-corrected chi connectivity index (χ4v) is 3.22. The quantitative estimate of drug-likeness (QED) is 0.234. The van der Waals surface area contributed by atoms with E-state index in [1.807, 2.05) is 0 Å². The third-order valence-electron chi connectivity index (χ3n) is 4.63. The minimum Gasteiger partial charge on any atom is -0.548 e. The Bertz CT molecular complexity index is 1050. The Kier molecular flexibility index (Phi) is 10.1. The molecule has 0 spiro atoms. The van der Waals surface area contributed by atoms with Crippen LogP contribution in [-0.4, -0.2) is 68.7 Å². The highest BCUT2D eigenvalue weighted by Crippen LogP contribution is 2.31. The highest BCUT2D eigenvalue weighted by molar-refractivity contribution is 5.80. The molecular weight excluding hydrogens is 460 g/mol. The van der Waals surface area contributed by atoms with Crippen LogP contribution in [0.5, 0.6) is 11.5 Å². The summed E-state index contributed by atoms with van der Waals surface area (Å²) in [6, 6.07) is 11.2. The van der Waals surface area contributed by atoms with Gasteiger partial charge in [0, 0.05) is 0 Å². The molecule has 11 nitrogen and oxygen atoms in total. The van der Waals surface area contributed by atoms with Gasteiger partial charge in [-0.15, -0.1) is 0 Å². The second-order valence-electron chi connectivity index (χ2n) is 7.14. The lowest BCUT2D eigenvalue weighted by Gasteiger charge is -2.26. The van der Waals surface area contributed by atoms with Gasteiger partial charge in [0.2, 0.25) is 0 Å². The van der Waals surface area contributed by atoms with E-state index in [2.05, 4.69) is 6.58 Å². The summed E-state index contributed by atoms with van der Waals surface area (Å²) >= 11 is 0. The van der Waals surface area contributed by atoms with E-state index >= 15 is 0 Å². The molecule has 0 aromatic heterocycles. The molecule has 0 aliphatic heterocycles. The Morgan fingerprint density at radius 2 is 1.49 bits per heavy atom. The van der Waals surface area contributed by atoms with Crippen LogP contribution < -0.4 is 29.5 Å². The number of carbonyl (C=O) groups is 4. The van der Waals surface area contributed by atoms with Gasteiger partial charge in [-0.25, -0.2) is 0 Å². The van der Waals surface area contributed by atoms with Crippen molar-refractivity contribution in [2.75, 3.05) is 49.2 Å². The van der Waals surface area contributed by atoms with Crippen LogP contribution in [-0.2, 0) is 19.2 Å². The van der Waals surface area contributed by atoms with Gasteiger partial charge in [0.25, 0.3) is 0 Å². The van der Waals surface area contributed by atoms with E-state index in [4.69, 9.17) is 14.6 Å². The first-order chi connectivity index (χ1) is 16.7. The molecule has 0 aliphatic carbocycles. The lowest BCUT2D eigenvalue weighted by Crippen LogP contribution is -2.41. The normalized spacial score (nSPS) is 10.2. The van der Waals surface area contributed by atoms with Crippen molar-refractivity contribution in [2.24, 2.45) is 0 Å². The molecule has 0 unspecified atom stereocenters. The third-order valence-corrected chi connectivity index (χ3v) is 4.63. The van der Waals surface area contributed by atoms with Crippen molar-refractivity contribution >= 4 is 41.6 Å². The molecular formula is C24H24N2O9-2. The summed E-state index contributed by atoms with van der Waals surface area (Å²) in [4.78, 5) is 46.7. The number of nitrogens with zero attached hydrogens (tertiary/aromatic N) is 2. The minimum absolute atomic E-state index is 0.0123. The lowest BCUT2D eigenvalue weighted by atomic mass is 10.1. The van der Waals surface area contributed by atoms with Crippen LogP contribution in [0, 0.1) is 0 Å². The molecule has 2 aromatic carbocycles. The molecule has 0 amide bonds. The predicted molar refractivity (Wildman–Crippen MR) is 122 cm³/mol. The van der Waals surface area contributed by atoms with Gasteiger partial charge < -0.3 is 49.0 Å². The minimum atomic E-state index is -1.45. The van der Waals surface area contributed by atoms with Crippen LogP contribution in [0.2, 0.25) is 0 Å². The first-order valence-corrected chi connectivity index (χ1v) is 10.4. The number of rotatable bonds is 16. The van der Waals surface area contributed by atoms with E-state index in [0.717, 1.165) is 4.90 Å². The van der Waals surface area contributed by atoms with Gasteiger partial charge >= 0.3 is 5.97 Å². The van der Waals surface area contributed by atoms with Gasteiger partial charge in [0.15, 0.2) is 0 Å². The number of aliphatic carboxylic acids is 3. The zero-order valence-corrected chi connectivity index (χ0v) is 18.8. The lowest BCUT2D eigenvalue weighted by molar-refractivity contribution is -0.304. The second kappa shape index (κ2) is 13.2. The summed E-state index contributed by atoms with van der Waals surface area (Å²) in [5.74, 6) is -3.52. The Hall–Kier alpha value is -4.54. The molecule has 0 aliphatic rings. The standard InChI is InChI=1S/C24H26N2O9/c1-2-17-7-8-19(25(9-10-27)14-22(28)29)21(13-17)35-12-11-34-20-6-4-3-5-18(20)26(15-23(30)31)16-24(32)33/h2-8,10,13H,1,9,11-12,14-16H2,(H,28,29)(H,30,31)(H,32,33)/p-2. The van der Waals surface area contributed by atoms with Gasteiger partial charge in [0.05, 0.1) is 42.9 Å². The number of carbonyl (C=O) groups excluding carboxylic acids is 3. The van der Waals surface area contributed by atoms with Crippen molar-refractivity contribution in [2.45, 2.75) is 0 Å². The summed E-state index contributed by atoms with van der Waals surface area (Å²) in [6.45, 7) is 1.72. The number of benzene rings is 2. The molecule has 11 heteroatoms. The highest BCUT2D eigenvalue weighted by Gasteiger charge is 2.16. The number of carboxylic acid groups (broad SMARTS) is 3. The zero-order valence-electron chi connectivity index (χ0n) is 18.8. The number of carboxylic acids is 3. The maximum Gasteiger partial charge on any atom is 0.323 e. The van der Waals surface area contributed by atoms with Crippen molar-refractivity contribution in [1.29, 1.82) is 0 Å². The first-order valence-electron chi connectivity index (χ1n) is 10.4.